The van der Waals surface area contributed by atoms with Gasteiger partial charge in [0.15, 0.2) is 0 Å². The Balaban J connectivity index is 0.00000180. The van der Waals surface area contributed by atoms with Gasteiger partial charge in [-0.15, -0.1) is 12.4 Å². The van der Waals surface area contributed by atoms with Crippen molar-refractivity contribution in [2.45, 2.75) is 47.1 Å². The predicted octanol–water partition coefficient (Wildman–Crippen LogP) is 4.70. The van der Waals surface area contributed by atoms with Crippen molar-refractivity contribution >= 4 is 23.4 Å². The van der Waals surface area contributed by atoms with Gasteiger partial charge in [-0.2, -0.15) is 0 Å². The minimum absolute atomic E-state index is 0. The van der Waals surface area contributed by atoms with E-state index in [1.165, 1.54) is 17.8 Å². The summed E-state index contributed by atoms with van der Waals surface area (Å²) in [5, 5.41) is 0. The van der Waals surface area contributed by atoms with Gasteiger partial charge in [-0.25, -0.2) is 4.98 Å². The molecule has 0 aliphatic rings. The van der Waals surface area contributed by atoms with Crippen LogP contribution >= 0.6 is 12.4 Å². The molecule has 0 N–H and O–H groups in total. The molecule has 0 unspecified atom stereocenters. The minimum atomic E-state index is 0. The summed E-state index contributed by atoms with van der Waals surface area (Å²) in [5.41, 5.74) is 2.42. The molecule has 0 spiro atoms. The van der Waals surface area contributed by atoms with E-state index in [1.54, 1.807) is 0 Å². The maximum absolute atomic E-state index is 4.79. The Bertz CT molecular complexity index is 514. The summed E-state index contributed by atoms with van der Waals surface area (Å²) in [6.07, 6.45) is 2.28. The Labute approximate surface area is 122 Å². The van der Waals surface area contributed by atoms with Gasteiger partial charge >= 0.3 is 0 Å². The molecule has 0 saturated heterocycles. The van der Waals surface area contributed by atoms with Gasteiger partial charge < -0.3 is 4.57 Å². The Kier molecular flexibility index (Phi) is 5.86. The predicted molar refractivity (Wildman–Crippen MR) is 85.0 cm³/mol. The molecule has 2 nitrogen and oxygen atoms in total. The average molecular weight is 281 g/mol. The van der Waals surface area contributed by atoms with Crippen LogP contribution in [0.1, 0.15) is 39.9 Å². The Morgan fingerprint density at radius 3 is 2.37 bits per heavy atom. The van der Waals surface area contributed by atoms with Gasteiger partial charge in [0, 0.05) is 13.0 Å². The second kappa shape index (κ2) is 6.95. The molecule has 0 atom stereocenters. The van der Waals surface area contributed by atoms with Crippen molar-refractivity contribution in [3.8, 4) is 0 Å². The van der Waals surface area contributed by atoms with E-state index in [1.807, 2.05) is 0 Å². The van der Waals surface area contributed by atoms with Crippen molar-refractivity contribution in [3.63, 3.8) is 0 Å². The van der Waals surface area contributed by atoms with Gasteiger partial charge in [0.1, 0.15) is 5.82 Å². The fourth-order valence-electron chi connectivity index (χ4n) is 2.28. The first-order chi connectivity index (χ1) is 8.58. The van der Waals surface area contributed by atoms with E-state index in [0.29, 0.717) is 5.92 Å². The van der Waals surface area contributed by atoms with Crippen LogP contribution in [0.4, 0.5) is 0 Å². The van der Waals surface area contributed by atoms with Crippen molar-refractivity contribution in [2.75, 3.05) is 0 Å². The summed E-state index contributed by atoms with van der Waals surface area (Å²) in [5.74, 6) is 2.63. The summed E-state index contributed by atoms with van der Waals surface area (Å²) in [6, 6.07) is 8.48. The average Bonchev–Trinajstić information content (AvgIpc) is 2.62. The number of aryl methyl sites for hydroxylation is 1. The van der Waals surface area contributed by atoms with E-state index in [9.17, 15) is 0 Å². The van der Waals surface area contributed by atoms with Crippen molar-refractivity contribution in [1.29, 1.82) is 0 Å². The fourth-order valence-corrected chi connectivity index (χ4v) is 2.28. The number of benzene rings is 1. The number of rotatable bonds is 5. The molecule has 3 heteroatoms. The molecule has 1 aromatic heterocycles. The highest BCUT2D eigenvalue weighted by Crippen LogP contribution is 2.19. The number of halogens is 1. The summed E-state index contributed by atoms with van der Waals surface area (Å²) in [7, 11) is 0. The molecular weight excluding hydrogens is 256 g/mol. The quantitative estimate of drug-likeness (QED) is 0.776. The molecule has 0 amide bonds. The lowest BCUT2D eigenvalue weighted by molar-refractivity contribution is 0.500. The summed E-state index contributed by atoms with van der Waals surface area (Å²) in [6.45, 7) is 10.2. The molecule has 19 heavy (non-hydrogen) atoms. The van der Waals surface area contributed by atoms with Crippen molar-refractivity contribution in [3.05, 3.63) is 30.1 Å². The minimum Gasteiger partial charge on any atom is -0.328 e. The van der Waals surface area contributed by atoms with Gasteiger partial charge in [0.2, 0.25) is 0 Å². The van der Waals surface area contributed by atoms with Crippen LogP contribution in [0.3, 0.4) is 0 Å². The van der Waals surface area contributed by atoms with Crippen molar-refractivity contribution in [1.82, 2.24) is 9.55 Å². The number of hydrogen-bond donors (Lipinski definition) is 0. The Morgan fingerprint density at radius 1 is 1.05 bits per heavy atom. The fraction of sp³-hybridized carbons (Fsp3) is 0.562. The van der Waals surface area contributed by atoms with Crippen molar-refractivity contribution in [2.24, 2.45) is 11.8 Å². The maximum Gasteiger partial charge on any atom is 0.110 e. The third kappa shape index (κ3) is 3.97. The van der Waals surface area contributed by atoms with E-state index in [-0.39, 0.29) is 12.4 Å². The molecular formula is C16H25ClN2. The monoisotopic (exact) mass is 280 g/mol. The lowest BCUT2D eigenvalue weighted by Gasteiger charge is -2.12. The van der Waals surface area contributed by atoms with Gasteiger partial charge in [0.05, 0.1) is 11.0 Å². The summed E-state index contributed by atoms with van der Waals surface area (Å²) < 4.78 is 2.41. The van der Waals surface area contributed by atoms with E-state index < -0.39 is 0 Å². The molecule has 0 aliphatic carbocycles. The first kappa shape index (κ1) is 16.0. The summed E-state index contributed by atoms with van der Waals surface area (Å²) in [4.78, 5) is 4.79. The number of hydrogen-bond acceptors (Lipinski definition) is 1. The molecule has 106 valence electrons. The zero-order chi connectivity index (χ0) is 13.1. The zero-order valence-electron chi connectivity index (χ0n) is 12.4. The lowest BCUT2D eigenvalue weighted by atomic mass is 10.1. The molecule has 0 radical (unpaired) electrons. The smallest absolute Gasteiger partial charge is 0.110 e. The Hall–Kier alpha value is -1.02. The van der Waals surface area contributed by atoms with Crippen LogP contribution in [0.15, 0.2) is 24.3 Å². The van der Waals surface area contributed by atoms with E-state index in [4.69, 9.17) is 4.98 Å². The molecule has 2 rings (SSSR count). The molecule has 1 aromatic carbocycles. The normalized spacial score (nSPS) is 11.3. The highest BCUT2D eigenvalue weighted by atomic mass is 35.5. The van der Waals surface area contributed by atoms with Crippen LogP contribution in [-0.4, -0.2) is 9.55 Å². The number of fused-ring (bicyclic) bond motifs is 1. The van der Waals surface area contributed by atoms with Crippen LogP contribution in [0.2, 0.25) is 0 Å². The van der Waals surface area contributed by atoms with Crippen LogP contribution in [0.5, 0.6) is 0 Å². The second-order valence-electron chi connectivity index (χ2n) is 5.95. The van der Waals surface area contributed by atoms with E-state index >= 15 is 0 Å². The largest absolute Gasteiger partial charge is 0.328 e. The van der Waals surface area contributed by atoms with Crippen molar-refractivity contribution < 1.29 is 0 Å². The van der Waals surface area contributed by atoms with Gasteiger partial charge in [-0.1, -0.05) is 39.8 Å². The highest BCUT2D eigenvalue weighted by Gasteiger charge is 2.11. The number of para-hydroxylation sites is 2. The second-order valence-corrected chi connectivity index (χ2v) is 5.95. The molecule has 0 aliphatic heterocycles. The Morgan fingerprint density at radius 2 is 1.74 bits per heavy atom. The molecule has 0 fully saturated rings. The lowest BCUT2D eigenvalue weighted by Crippen LogP contribution is -2.08. The third-order valence-corrected chi connectivity index (χ3v) is 3.25. The SMILES string of the molecule is CC(C)CCn1c(CC(C)C)nc2ccccc21.Cl. The maximum atomic E-state index is 4.79. The van der Waals surface area contributed by atoms with Gasteiger partial charge in [-0.05, 0) is 30.4 Å². The molecule has 2 aromatic rings. The number of aromatic nitrogens is 2. The van der Waals surface area contributed by atoms with Gasteiger partial charge in [-0.3, -0.25) is 0 Å². The van der Waals surface area contributed by atoms with Crippen LogP contribution in [0.25, 0.3) is 11.0 Å². The molecule has 1 heterocycles. The number of imidazole rings is 1. The molecule has 0 saturated carbocycles. The number of nitrogens with zero attached hydrogens (tertiary/aromatic N) is 2. The van der Waals surface area contributed by atoms with E-state index in [2.05, 4.69) is 56.5 Å². The van der Waals surface area contributed by atoms with E-state index in [0.717, 1.165) is 24.4 Å². The van der Waals surface area contributed by atoms with Crippen LogP contribution in [0, 0.1) is 11.8 Å². The summed E-state index contributed by atoms with van der Waals surface area (Å²) >= 11 is 0. The molecule has 0 bridgehead atoms. The first-order valence-electron chi connectivity index (χ1n) is 7.02. The first-order valence-corrected chi connectivity index (χ1v) is 7.02. The standard InChI is InChI=1S/C16H24N2.ClH/c1-12(2)9-10-18-15-8-6-5-7-14(15)17-16(18)11-13(3)4;/h5-8,12-13H,9-11H2,1-4H3;1H. The zero-order valence-corrected chi connectivity index (χ0v) is 13.2. The van der Waals surface area contributed by atoms with Crippen LogP contribution < -0.4 is 0 Å². The van der Waals surface area contributed by atoms with Crippen LogP contribution in [-0.2, 0) is 13.0 Å². The van der Waals surface area contributed by atoms with Gasteiger partial charge in [0.25, 0.3) is 0 Å². The highest BCUT2D eigenvalue weighted by molar-refractivity contribution is 5.85. The third-order valence-electron chi connectivity index (χ3n) is 3.25. The topological polar surface area (TPSA) is 17.8 Å².